The molecule has 0 aromatic carbocycles. The van der Waals surface area contributed by atoms with Crippen molar-refractivity contribution < 1.29 is 4.79 Å². The molecule has 0 spiro atoms. The van der Waals surface area contributed by atoms with Gasteiger partial charge in [-0.15, -0.1) is 0 Å². The number of hydrogen-bond acceptors (Lipinski definition) is 4. The summed E-state index contributed by atoms with van der Waals surface area (Å²) < 4.78 is 1.51. The maximum absolute atomic E-state index is 12.8. The second-order valence-corrected chi connectivity index (χ2v) is 6.30. The van der Waals surface area contributed by atoms with Gasteiger partial charge >= 0.3 is 0 Å². The number of carbonyl (C=O) groups excluding carboxylic acids is 1. The Bertz CT molecular complexity index is 442. The molecule has 104 valence electrons. The molecule has 2 fully saturated rings. The van der Waals surface area contributed by atoms with E-state index in [4.69, 9.17) is 0 Å². The van der Waals surface area contributed by atoms with E-state index in [1.807, 2.05) is 15.7 Å². The second-order valence-electron chi connectivity index (χ2n) is 5.44. The smallest absolute Gasteiger partial charge is 0.241 e. The van der Waals surface area contributed by atoms with Gasteiger partial charge in [-0.05, 0) is 32.2 Å². The molecule has 19 heavy (non-hydrogen) atoms. The normalized spacial score (nSPS) is 31.6. The van der Waals surface area contributed by atoms with Gasteiger partial charge in [-0.25, -0.2) is 4.98 Å². The lowest BCUT2D eigenvalue weighted by Gasteiger charge is -2.40. The Morgan fingerprint density at radius 3 is 3.05 bits per heavy atom. The molecule has 0 bridgehead atoms. The number of amides is 1. The molecule has 6 heteroatoms. The minimum atomic E-state index is -0.532. The van der Waals surface area contributed by atoms with Crippen LogP contribution >= 0.6 is 12.6 Å². The molecule has 2 aliphatic heterocycles. The molecule has 5 nitrogen and oxygen atoms in total. The second kappa shape index (κ2) is 5.17. The highest BCUT2D eigenvalue weighted by Crippen LogP contribution is 2.32. The summed E-state index contributed by atoms with van der Waals surface area (Å²) in [5, 5.41) is 3.24. The molecule has 2 saturated heterocycles. The van der Waals surface area contributed by atoms with Crippen LogP contribution in [0.5, 0.6) is 0 Å². The molecule has 0 radical (unpaired) electrons. The van der Waals surface area contributed by atoms with Crippen molar-refractivity contribution in [2.45, 2.75) is 36.6 Å². The number of imidazole rings is 1. The summed E-state index contributed by atoms with van der Waals surface area (Å²) in [5.74, 6) is 0.166. The average molecular weight is 280 g/mol. The number of likely N-dealkylation sites (tertiary alicyclic amines) is 1. The predicted octanol–water partition coefficient (Wildman–Crippen LogP) is 1.06. The molecule has 2 atom stereocenters. The number of nitrogens with zero attached hydrogens (tertiary/aromatic N) is 3. The first-order chi connectivity index (χ1) is 9.21. The minimum absolute atomic E-state index is 0.105. The Morgan fingerprint density at radius 1 is 1.47 bits per heavy atom. The monoisotopic (exact) mass is 280 g/mol. The van der Waals surface area contributed by atoms with Crippen molar-refractivity contribution in [3.63, 3.8) is 0 Å². The number of rotatable bonds is 2. The summed E-state index contributed by atoms with van der Waals surface area (Å²) in [7, 11) is 0. The summed E-state index contributed by atoms with van der Waals surface area (Å²) in [5.41, 5.74) is 0. The van der Waals surface area contributed by atoms with Crippen LogP contribution in [0.3, 0.4) is 0 Å². The highest BCUT2D eigenvalue weighted by Gasteiger charge is 2.43. The third-order valence-electron chi connectivity index (χ3n) is 4.13. The van der Waals surface area contributed by atoms with Crippen LogP contribution in [0.15, 0.2) is 18.7 Å². The van der Waals surface area contributed by atoms with Gasteiger partial charge in [0.2, 0.25) is 5.91 Å². The Labute approximate surface area is 118 Å². The summed E-state index contributed by atoms with van der Waals surface area (Å²) in [6.07, 6.45) is 9.65. The first-order valence-electron chi connectivity index (χ1n) is 6.92. The molecule has 0 saturated carbocycles. The summed E-state index contributed by atoms with van der Waals surface area (Å²) in [4.78, 5) is 18.9. The van der Waals surface area contributed by atoms with Crippen molar-refractivity contribution in [1.29, 1.82) is 0 Å². The number of hydrogen-bond donors (Lipinski definition) is 2. The fourth-order valence-corrected chi connectivity index (χ4v) is 3.39. The van der Waals surface area contributed by atoms with Crippen LogP contribution in [0.1, 0.15) is 31.8 Å². The summed E-state index contributed by atoms with van der Waals surface area (Å²) in [6.45, 7) is 2.37. The van der Waals surface area contributed by atoms with Crippen LogP contribution in [-0.2, 0) is 4.79 Å². The van der Waals surface area contributed by atoms with Gasteiger partial charge in [0.15, 0.2) is 0 Å². The van der Waals surface area contributed by atoms with Crippen molar-refractivity contribution in [2.75, 3.05) is 19.6 Å². The first-order valence-corrected chi connectivity index (χ1v) is 7.37. The van der Waals surface area contributed by atoms with Gasteiger partial charge in [-0.2, -0.15) is 12.6 Å². The van der Waals surface area contributed by atoms with Crippen molar-refractivity contribution >= 4 is 18.5 Å². The largest absolute Gasteiger partial charge is 0.321 e. The van der Waals surface area contributed by atoms with Gasteiger partial charge in [0.1, 0.15) is 10.9 Å². The Hall–Kier alpha value is -1.01. The van der Waals surface area contributed by atoms with Gasteiger partial charge in [0.05, 0.1) is 6.33 Å². The van der Waals surface area contributed by atoms with Gasteiger partial charge in [0, 0.05) is 25.5 Å². The molecular weight excluding hydrogens is 260 g/mol. The van der Waals surface area contributed by atoms with Gasteiger partial charge in [-0.3, -0.25) is 4.79 Å². The SMILES string of the molecule is O=C(N1CCCCC1n1ccnc1)C1(S)CCNC1. The number of thiol groups is 1. The van der Waals surface area contributed by atoms with E-state index in [0.717, 1.165) is 38.8 Å². The molecular formula is C13H20N4OS. The molecule has 3 heterocycles. The van der Waals surface area contributed by atoms with Gasteiger partial charge in [0.25, 0.3) is 0 Å². The van der Waals surface area contributed by atoms with E-state index in [2.05, 4.69) is 22.9 Å². The first kappa shape index (κ1) is 13.0. The summed E-state index contributed by atoms with van der Waals surface area (Å²) >= 11 is 4.65. The maximum atomic E-state index is 12.8. The zero-order valence-corrected chi connectivity index (χ0v) is 11.9. The predicted molar refractivity (Wildman–Crippen MR) is 76.0 cm³/mol. The van der Waals surface area contributed by atoms with Gasteiger partial charge in [-0.1, -0.05) is 0 Å². The third-order valence-corrected chi connectivity index (χ3v) is 4.70. The van der Waals surface area contributed by atoms with Crippen molar-refractivity contribution in [3.05, 3.63) is 18.7 Å². The minimum Gasteiger partial charge on any atom is -0.321 e. The van der Waals surface area contributed by atoms with E-state index in [-0.39, 0.29) is 12.1 Å². The van der Waals surface area contributed by atoms with Crippen molar-refractivity contribution in [1.82, 2.24) is 19.8 Å². The number of nitrogens with one attached hydrogen (secondary N) is 1. The molecule has 1 aromatic heterocycles. The van der Waals surface area contributed by atoms with Crippen LogP contribution in [0, 0.1) is 0 Å². The quantitative estimate of drug-likeness (QED) is 0.796. The molecule has 2 aliphatic rings. The van der Waals surface area contributed by atoms with Crippen LogP contribution in [0.2, 0.25) is 0 Å². The van der Waals surface area contributed by atoms with E-state index >= 15 is 0 Å². The number of carbonyl (C=O) groups is 1. The van der Waals surface area contributed by atoms with E-state index in [1.165, 1.54) is 0 Å². The lowest BCUT2D eigenvalue weighted by molar-refractivity contribution is -0.139. The highest BCUT2D eigenvalue weighted by molar-refractivity contribution is 7.82. The van der Waals surface area contributed by atoms with Crippen LogP contribution in [0.4, 0.5) is 0 Å². The van der Waals surface area contributed by atoms with Crippen molar-refractivity contribution in [3.8, 4) is 0 Å². The van der Waals surface area contributed by atoms with Gasteiger partial charge < -0.3 is 14.8 Å². The zero-order chi connectivity index (χ0) is 13.3. The Kier molecular flexibility index (Phi) is 3.54. The average Bonchev–Trinajstić information content (AvgIpc) is 3.10. The maximum Gasteiger partial charge on any atom is 0.241 e. The van der Waals surface area contributed by atoms with Crippen molar-refractivity contribution in [2.24, 2.45) is 0 Å². The van der Waals surface area contributed by atoms with E-state index < -0.39 is 4.75 Å². The fourth-order valence-electron chi connectivity index (χ4n) is 3.04. The molecule has 2 unspecified atom stereocenters. The van der Waals surface area contributed by atoms with E-state index in [0.29, 0.717) is 6.54 Å². The third kappa shape index (κ3) is 2.39. The summed E-state index contributed by atoms with van der Waals surface area (Å²) in [6, 6.07) is 0. The Morgan fingerprint density at radius 2 is 2.37 bits per heavy atom. The van der Waals surface area contributed by atoms with E-state index in [1.54, 1.807) is 12.5 Å². The topological polar surface area (TPSA) is 50.2 Å². The number of aromatic nitrogens is 2. The molecule has 1 amide bonds. The van der Waals surface area contributed by atoms with Crippen LogP contribution in [0.25, 0.3) is 0 Å². The molecule has 3 rings (SSSR count). The highest BCUT2D eigenvalue weighted by atomic mass is 32.1. The molecule has 1 N–H and O–H groups in total. The Balaban J connectivity index is 1.82. The lowest BCUT2D eigenvalue weighted by atomic mass is 10.0. The number of piperidine rings is 1. The zero-order valence-electron chi connectivity index (χ0n) is 11.0. The van der Waals surface area contributed by atoms with Crippen LogP contribution in [-0.4, -0.2) is 44.7 Å². The van der Waals surface area contributed by atoms with Crippen LogP contribution < -0.4 is 5.32 Å². The van der Waals surface area contributed by atoms with E-state index in [9.17, 15) is 4.79 Å². The standard InChI is InChI=1S/C13H20N4OS/c18-12(13(19)4-5-14-9-13)17-7-2-1-3-11(17)16-8-6-15-10-16/h6,8,10-11,14,19H,1-5,7,9H2. The molecule has 0 aliphatic carbocycles. The molecule has 1 aromatic rings. The lowest BCUT2D eigenvalue weighted by Crippen LogP contribution is -2.51. The fraction of sp³-hybridized carbons (Fsp3) is 0.692.